The Balaban J connectivity index is 0.000000143. The van der Waals surface area contributed by atoms with E-state index in [1.807, 2.05) is 19.1 Å². The second kappa shape index (κ2) is 19.4. The maximum atomic E-state index is 13.1. The molecule has 15 nitrogen and oxygen atoms in total. The molecule has 9 rings (SSSR count). The van der Waals surface area contributed by atoms with Gasteiger partial charge in [0, 0.05) is 58.8 Å². The zero-order valence-corrected chi connectivity index (χ0v) is 32.1. The van der Waals surface area contributed by atoms with Crippen molar-refractivity contribution in [3.05, 3.63) is 210 Å². The third kappa shape index (κ3) is 11.4. The second-order valence-electron chi connectivity index (χ2n) is 13.3. The quantitative estimate of drug-likeness (QED) is 0.115. The highest BCUT2D eigenvalue weighted by molar-refractivity contribution is 5.82. The number of fused-ring (bicyclic) bond motifs is 3. The summed E-state index contributed by atoms with van der Waals surface area (Å²) in [4.78, 5) is 30.5. The number of nitrogens with one attached hydrogen (secondary N) is 1. The first-order valence-electron chi connectivity index (χ1n) is 18.4. The Labute approximate surface area is 343 Å². The molecule has 9 aromatic rings. The lowest BCUT2D eigenvalue weighted by atomic mass is 10.2. The number of nitro groups is 3. The normalized spacial score (nSPS) is 10.6. The average molecular weight is 830 g/mol. The molecule has 0 fully saturated rings. The lowest BCUT2D eigenvalue weighted by molar-refractivity contribution is -0.384. The van der Waals surface area contributed by atoms with Crippen LogP contribution in [0.25, 0.3) is 32.7 Å². The van der Waals surface area contributed by atoms with Crippen molar-refractivity contribution in [1.29, 1.82) is 0 Å². The molecule has 0 aliphatic heterocycles. The molecule has 0 aliphatic rings. The van der Waals surface area contributed by atoms with E-state index >= 15 is 0 Å². The minimum Gasteiger partial charge on any atom is -0.278 e. The summed E-state index contributed by atoms with van der Waals surface area (Å²) in [5.41, 5.74) is 5.03. The Morgan fingerprint density at radius 2 is 1.11 bits per heavy atom. The summed E-state index contributed by atoms with van der Waals surface area (Å²) in [6.45, 7) is 2.84. The number of nitrogens with zero attached hydrogens (tertiary/aromatic N) is 8. The lowest BCUT2D eigenvalue weighted by Gasteiger charge is -2.04. The molecule has 0 bridgehead atoms. The number of aromatic nitrogens is 6. The number of halogens is 3. The minimum atomic E-state index is -0.441. The van der Waals surface area contributed by atoms with Crippen LogP contribution >= 0.6 is 0 Å². The van der Waals surface area contributed by atoms with Crippen LogP contribution in [0.1, 0.15) is 23.6 Å². The summed E-state index contributed by atoms with van der Waals surface area (Å²) in [5.74, 6) is -0.737. The van der Waals surface area contributed by atoms with E-state index < -0.39 is 14.8 Å². The van der Waals surface area contributed by atoms with Gasteiger partial charge in [0.25, 0.3) is 17.1 Å². The molecule has 6 aromatic carbocycles. The van der Waals surface area contributed by atoms with E-state index in [-0.39, 0.29) is 34.5 Å². The topological polar surface area (TPSA) is 194 Å². The molecule has 3 heterocycles. The van der Waals surface area contributed by atoms with Crippen LogP contribution in [0.2, 0.25) is 0 Å². The first-order valence-corrected chi connectivity index (χ1v) is 18.4. The van der Waals surface area contributed by atoms with Gasteiger partial charge in [0.2, 0.25) is 0 Å². The number of hydrogen-bond donors (Lipinski definition) is 1. The minimum absolute atomic E-state index is 0.0304. The highest BCUT2D eigenvalue weighted by atomic mass is 19.1. The Morgan fingerprint density at radius 1 is 0.590 bits per heavy atom. The number of nitro benzene ring substituents is 3. The van der Waals surface area contributed by atoms with Gasteiger partial charge in [-0.15, -0.1) is 0 Å². The molecule has 0 aliphatic carbocycles. The van der Waals surface area contributed by atoms with Gasteiger partial charge >= 0.3 is 0 Å². The van der Waals surface area contributed by atoms with Crippen molar-refractivity contribution < 1.29 is 27.9 Å². The van der Waals surface area contributed by atoms with E-state index in [9.17, 15) is 43.5 Å². The van der Waals surface area contributed by atoms with Gasteiger partial charge in [-0.3, -0.25) is 44.8 Å². The van der Waals surface area contributed by atoms with E-state index in [1.165, 1.54) is 66.7 Å². The first kappa shape index (κ1) is 42.3. The predicted octanol–water partition coefficient (Wildman–Crippen LogP) is 10.1. The van der Waals surface area contributed by atoms with Gasteiger partial charge in [0.15, 0.2) is 0 Å². The molecule has 1 N–H and O–H groups in total. The van der Waals surface area contributed by atoms with Gasteiger partial charge in [-0.25, -0.2) is 13.2 Å². The Bertz CT molecular complexity index is 2960. The average Bonchev–Trinajstić information content (AvgIpc) is 3.99. The molecule has 0 saturated heterocycles. The van der Waals surface area contributed by atoms with E-state index in [1.54, 1.807) is 76.5 Å². The number of aryl methyl sites for hydroxylation is 1. The molecule has 0 atom stereocenters. The second-order valence-corrected chi connectivity index (χ2v) is 13.3. The molecule has 3 aromatic heterocycles. The van der Waals surface area contributed by atoms with Crippen molar-refractivity contribution in [2.75, 3.05) is 0 Å². The summed E-state index contributed by atoms with van der Waals surface area (Å²) < 4.78 is 41.9. The Morgan fingerprint density at radius 3 is 1.69 bits per heavy atom. The summed E-state index contributed by atoms with van der Waals surface area (Å²) >= 11 is 0. The van der Waals surface area contributed by atoms with Crippen molar-refractivity contribution in [1.82, 2.24) is 29.8 Å². The van der Waals surface area contributed by atoms with Gasteiger partial charge in [-0.1, -0.05) is 43.3 Å². The lowest BCUT2D eigenvalue weighted by Crippen LogP contribution is -2.01. The van der Waals surface area contributed by atoms with Crippen molar-refractivity contribution in [3.8, 4) is 0 Å². The molecule has 308 valence electrons. The fourth-order valence-electron chi connectivity index (χ4n) is 6.00. The summed E-state index contributed by atoms with van der Waals surface area (Å²) in [7, 11) is 0. The van der Waals surface area contributed by atoms with Gasteiger partial charge in [-0.05, 0) is 77.7 Å². The first-order chi connectivity index (χ1) is 29.3. The van der Waals surface area contributed by atoms with Crippen LogP contribution < -0.4 is 0 Å². The van der Waals surface area contributed by atoms with Gasteiger partial charge < -0.3 is 0 Å². The van der Waals surface area contributed by atoms with Gasteiger partial charge in [0.1, 0.15) is 17.5 Å². The van der Waals surface area contributed by atoms with E-state index in [0.717, 1.165) is 39.5 Å². The number of aromatic amines is 1. The van der Waals surface area contributed by atoms with Crippen molar-refractivity contribution in [3.63, 3.8) is 0 Å². The SMILES string of the molecule is CCc1cccc(F)c1.O=[N+]([O-])c1ccc2[nH]ncc2c1.O=[N+]([O-])c1ccc2c(cnn2Cc2cccc(F)c2)c1.O=[N+]([O-])c1ccc2nn(Cc3cccc(F)c3)cc2c1. The van der Waals surface area contributed by atoms with Crippen LogP contribution in [0.15, 0.2) is 146 Å². The molecular formula is C43H34F3N9O6. The van der Waals surface area contributed by atoms with E-state index in [0.29, 0.717) is 29.4 Å². The smallest absolute Gasteiger partial charge is 0.270 e. The van der Waals surface area contributed by atoms with E-state index in [2.05, 4.69) is 20.4 Å². The van der Waals surface area contributed by atoms with Crippen molar-refractivity contribution >= 4 is 49.8 Å². The number of non-ortho nitro benzene ring substituents is 3. The van der Waals surface area contributed by atoms with Crippen molar-refractivity contribution in [2.45, 2.75) is 26.4 Å². The zero-order valence-electron chi connectivity index (χ0n) is 32.1. The van der Waals surface area contributed by atoms with Crippen LogP contribution in [-0.4, -0.2) is 44.5 Å². The predicted molar refractivity (Wildman–Crippen MR) is 222 cm³/mol. The number of benzene rings is 6. The van der Waals surface area contributed by atoms with Crippen LogP contribution in [0.3, 0.4) is 0 Å². The fourth-order valence-corrected chi connectivity index (χ4v) is 6.00. The highest BCUT2D eigenvalue weighted by Gasteiger charge is 2.11. The molecule has 0 spiro atoms. The van der Waals surface area contributed by atoms with Crippen LogP contribution in [0, 0.1) is 47.8 Å². The van der Waals surface area contributed by atoms with Gasteiger partial charge in [0.05, 0.1) is 56.8 Å². The Hall–Kier alpha value is -8.28. The summed E-state index contributed by atoms with van der Waals surface area (Å²) in [5, 5.41) is 48.9. The standard InChI is InChI=1S/2C14H10FN3O2.C8H9F.C7H5N3O2/c15-12-3-1-2-10(6-12)9-17-14-5-4-13(18(19)20)7-11(14)8-16-17;15-12-3-1-2-10(6-12)8-17-9-11-7-13(18(19)20)4-5-14(11)16-17;1-2-7-4-3-5-8(9)6-7;11-10(12)6-1-2-7-5(3-6)4-8-9-7/h1-8H,9H2;1-7,9H,8H2;3-6H,2H2,1H3;1-4H,(H,8,9). The molecule has 0 radical (unpaired) electrons. The summed E-state index contributed by atoms with van der Waals surface area (Å²) in [6, 6.07) is 32.8. The number of H-pyrrole nitrogens is 1. The molecular weight excluding hydrogens is 796 g/mol. The maximum absolute atomic E-state index is 13.1. The fraction of sp³-hybridized carbons (Fsp3) is 0.0930. The van der Waals surface area contributed by atoms with E-state index in [4.69, 9.17) is 0 Å². The Kier molecular flexibility index (Phi) is 13.5. The van der Waals surface area contributed by atoms with Gasteiger partial charge in [-0.2, -0.15) is 15.3 Å². The third-order valence-corrected chi connectivity index (χ3v) is 8.97. The monoisotopic (exact) mass is 829 g/mol. The largest absolute Gasteiger partial charge is 0.278 e. The molecule has 0 amide bonds. The van der Waals surface area contributed by atoms with Crippen LogP contribution in [0.5, 0.6) is 0 Å². The number of hydrogen-bond acceptors (Lipinski definition) is 9. The molecule has 61 heavy (non-hydrogen) atoms. The third-order valence-electron chi connectivity index (χ3n) is 8.97. The number of rotatable bonds is 8. The van der Waals surface area contributed by atoms with Crippen LogP contribution in [0.4, 0.5) is 30.2 Å². The molecule has 0 saturated carbocycles. The molecule has 0 unspecified atom stereocenters. The summed E-state index contributed by atoms with van der Waals surface area (Å²) in [6.07, 6.45) is 5.75. The zero-order chi connectivity index (χ0) is 43.5. The van der Waals surface area contributed by atoms with Crippen molar-refractivity contribution in [2.24, 2.45) is 0 Å². The van der Waals surface area contributed by atoms with Crippen LogP contribution in [-0.2, 0) is 19.5 Å². The highest BCUT2D eigenvalue weighted by Crippen LogP contribution is 2.23. The molecule has 18 heteroatoms. The maximum Gasteiger partial charge on any atom is 0.270 e.